The Balaban J connectivity index is 1.80. The van der Waals surface area contributed by atoms with Gasteiger partial charge in [-0.1, -0.05) is 6.08 Å². The number of aromatic amines is 1. The summed E-state index contributed by atoms with van der Waals surface area (Å²) in [5.74, 6) is -0.0353. The number of nitrogen functional groups attached to an aromatic ring is 1. The number of nitrogens with zero attached hydrogens (tertiary/aromatic N) is 3. The number of hydrogen-bond donors (Lipinski definition) is 4. The van der Waals surface area contributed by atoms with Crippen LogP contribution in [-0.4, -0.2) is 48.4 Å². The molecule has 0 unspecified atom stereocenters. The molecule has 0 radical (unpaired) electrons. The van der Waals surface area contributed by atoms with Gasteiger partial charge in [-0.3, -0.25) is 18.9 Å². The number of nitrogens with one attached hydrogen (secondary N) is 1. The summed E-state index contributed by atoms with van der Waals surface area (Å²) in [6.07, 6.45) is 2.80. The van der Waals surface area contributed by atoms with Crippen LogP contribution in [0.3, 0.4) is 0 Å². The molecule has 0 saturated heterocycles. The van der Waals surface area contributed by atoms with E-state index in [-0.39, 0.29) is 23.7 Å². The molecule has 0 bridgehead atoms. The topological polar surface area (TPSA) is 166 Å². The molecule has 1 aliphatic heterocycles. The highest BCUT2D eigenvalue weighted by molar-refractivity contribution is 7.51. The SMILES string of the molecule is Nc1nc2c(ncn2[C@H]2C=C[C@@H](OCP(=O)(O)O)CO2)c(=O)[nH]1. The molecule has 23 heavy (non-hydrogen) atoms. The zero-order valence-corrected chi connectivity index (χ0v) is 12.6. The van der Waals surface area contributed by atoms with Crippen LogP contribution in [0.1, 0.15) is 6.23 Å². The Morgan fingerprint density at radius 2 is 2.30 bits per heavy atom. The summed E-state index contributed by atoms with van der Waals surface area (Å²) in [4.78, 5) is 39.6. The summed E-state index contributed by atoms with van der Waals surface area (Å²) >= 11 is 0. The van der Waals surface area contributed by atoms with Gasteiger partial charge in [-0.25, -0.2) is 4.98 Å². The molecular formula is C11H14N5O6P. The summed E-state index contributed by atoms with van der Waals surface area (Å²) in [5, 5.41) is 0. The highest BCUT2D eigenvalue weighted by Crippen LogP contribution is 2.35. The van der Waals surface area contributed by atoms with Crippen molar-refractivity contribution < 1.29 is 23.8 Å². The maximum absolute atomic E-state index is 11.7. The number of nitrogens with two attached hydrogens (primary N) is 1. The lowest BCUT2D eigenvalue weighted by molar-refractivity contribution is -0.0371. The van der Waals surface area contributed by atoms with Crippen LogP contribution in [-0.2, 0) is 14.0 Å². The maximum Gasteiger partial charge on any atom is 0.351 e. The first-order valence-electron chi connectivity index (χ1n) is 6.52. The summed E-state index contributed by atoms with van der Waals surface area (Å²) < 4.78 is 22.9. The fraction of sp³-hybridized carbons (Fsp3) is 0.364. The number of fused-ring (bicyclic) bond motifs is 1. The summed E-state index contributed by atoms with van der Waals surface area (Å²) in [6, 6.07) is 0. The van der Waals surface area contributed by atoms with Crippen molar-refractivity contribution in [3.05, 3.63) is 28.8 Å². The van der Waals surface area contributed by atoms with Gasteiger partial charge in [0.15, 0.2) is 17.4 Å². The van der Waals surface area contributed by atoms with Crippen LogP contribution in [0, 0.1) is 0 Å². The fourth-order valence-corrected chi connectivity index (χ4v) is 2.51. The van der Waals surface area contributed by atoms with Crippen molar-refractivity contribution in [2.75, 3.05) is 18.7 Å². The molecule has 11 nitrogen and oxygen atoms in total. The third-order valence-electron chi connectivity index (χ3n) is 3.10. The van der Waals surface area contributed by atoms with Gasteiger partial charge < -0.3 is 25.0 Å². The van der Waals surface area contributed by atoms with Gasteiger partial charge in [-0.15, -0.1) is 0 Å². The number of rotatable bonds is 4. The lowest BCUT2D eigenvalue weighted by atomic mass is 10.2. The van der Waals surface area contributed by atoms with Crippen molar-refractivity contribution in [2.45, 2.75) is 12.3 Å². The van der Waals surface area contributed by atoms with Crippen LogP contribution < -0.4 is 11.3 Å². The van der Waals surface area contributed by atoms with E-state index >= 15 is 0 Å². The molecule has 2 aromatic heterocycles. The molecule has 124 valence electrons. The Labute approximate surface area is 128 Å². The molecule has 0 amide bonds. The molecule has 2 aromatic rings. The van der Waals surface area contributed by atoms with Gasteiger partial charge in [-0.05, 0) is 6.08 Å². The second kappa shape index (κ2) is 5.87. The van der Waals surface area contributed by atoms with E-state index in [1.54, 1.807) is 12.2 Å². The van der Waals surface area contributed by atoms with E-state index in [2.05, 4.69) is 15.0 Å². The van der Waals surface area contributed by atoms with Crippen LogP contribution in [0.5, 0.6) is 0 Å². The summed E-state index contributed by atoms with van der Waals surface area (Å²) in [7, 11) is -4.23. The number of hydrogen-bond acceptors (Lipinski definition) is 7. The van der Waals surface area contributed by atoms with E-state index in [4.69, 9.17) is 25.0 Å². The number of ether oxygens (including phenoxy) is 2. The molecule has 1 aliphatic rings. The highest BCUT2D eigenvalue weighted by atomic mass is 31.2. The standard InChI is InChI=1S/C11H14N5O6P/c12-11-14-9-8(10(17)15-11)13-4-16(9)7-2-1-6(3-21-7)22-5-23(18,19)20/h1-2,4,6-7H,3,5H2,(H2,18,19,20)(H3,12,14,15,17)/t6-,7-/m1/s1. The lowest BCUT2D eigenvalue weighted by Crippen LogP contribution is -2.26. The average molecular weight is 343 g/mol. The van der Waals surface area contributed by atoms with Crippen LogP contribution in [0.2, 0.25) is 0 Å². The first-order chi connectivity index (χ1) is 10.8. The van der Waals surface area contributed by atoms with Gasteiger partial charge >= 0.3 is 7.60 Å². The molecule has 12 heteroatoms. The van der Waals surface area contributed by atoms with Gasteiger partial charge in [0.05, 0.1) is 12.9 Å². The number of aromatic nitrogens is 4. The van der Waals surface area contributed by atoms with E-state index in [0.717, 1.165) is 0 Å². The smallest absolute Gasteiger partial charge is 0.351 e. The van der Waals surface area contributed by atoms with Gasteiger partial charge in [0.1, 0.15) is 12.5 Å². The van der Waals surface area contributed by atoms with Crippen molar-refractivity contribution in [3.8, 4) is 0 Å². The van der Waals surface area contributed by atoms with Gasteiger partial charge in [0.25, 0.3) is 5.56 Å². The first-order valence-corrected chi connectivity index (χ1v) is 8.32. The molecular weight excluding hydrogens is 329 g/mol. The zero-order chi connectivity index (χ0) is 16.6. The Kier molecular flexibility index (Phi) is 4.04. The van der Waals surface area contributed by atoms with Crippen LogP contribution >= 0.6 is 7.60 Å². The summed E-state index contributed by atoms with van der Waals surface area (Å²) in [5.41, 5.74) is 5.48. The molecule has 5 N–H and O–H groups in total. The lowest BCUT2D eigenvalue weighted by Gasteiger charge is -2.24. The van der Waals surface area contributed by atoms with Gasteiger partial charge in [0.2, 0.25) is 5.95 Å². The van der Waals surface area contributed by atoms with E-state index in [1.165, 1.54) is 10.9 Å². The predicted molar refractivity (Wildman–Crippen MR) is 78.5 cm³/mol. The van der Waals surface area contributed by atoms with E-state index in [0.29, 0.717) is 0 Å². The third-order valence-corrected chi connectivity index (χ3v) is 3.59. The monoisotopic (exact) mass is 343 g/mol. The Morgan fingerprint density at radius 1 is 1.52 bits per heavy atom. The minimum Gasteiger partial charge on any atom is -0.369 e. The first kappa shape index (κ1) is 15.8. The molecule has 0 spiro atoms. The van der Waals surface area contributed by atoms with Crippen molar-refractivity contribution >= 4 is 24.7 Å². The fourth-order valence-electron chi connectivity index (χ4n) is 2.12. The normalized spacial score (nSPS) is 21.8. The molecule has 0 fully saturated rings. The number of H-pyrrole nitrogens is 1. The van der Waals surface area contributed by atoms with Crippen molar-refractivity contribution in [3.63, 3.8) is 0 Å². The Morgan fingerprint density at radius 3 is 2.96 bits per heavy atom. The van der Waals surface area contributed by atoms with E-state index in [9.17, 15) is 9.36 Å². The quantitative estimate of drug-likeness (QED) is 0.415. The minimum absolute atomic E-state index is 0.0353. The number of imidazole rings is 1. The van der Waals surface area contributed by atoms with E-state index < -0.39 is 31.8 Å². The number of anilines is 1. The Bertz CT molecular complexity index is 854. The second-order valence-electron chi connectivity index (χ2n) is 4.88. The molecule has 0 saturated carbocycles. The highest BCUT2D eigenvalue weighted by Gasteiger charge is 2.23. The summed E-state index contributed by atoms with van der Waals surface area (Å²) in [6.45, 7) is 0.0829. The van der Waals surface area contributed by atoms with Crippen LogP contribution in [0.25, 0.3) is 11.2 Å². The molecule has 0 aliphatic carbocycles. The predicted octanol–water partition coefficient (Wildman–Crippen LogP) is -0.693. The van der Waals surface area contributed by atoms with Crippen molar-refractivity contribution in [1.29, 1.82) is 0 Å². The van der Waals surface area contributed by atoms with Gasteiger partial charge in [-0.2, -0.15) is 4.98 Å². The molecule has 3 heterocycles. The molecule has 2 atom stereocenters. The van der Waals surface area contributed by atoms with Crippen molar-refractivity contribution in [1.82, 2.24) is 19.5 Å². The van der Waals surface area contributed by atoms with Gasteiger partial charge in [0, 0.05) is 0 Å². The zero-order valence-electron chi connectivity index (χ0n) is 11.7. The van der Waals surface area contributed by atoms with E-state index in [1.807, 2.05) is 0 Å². The average Bonchev–Trinajstić information content (AvgIpc) is 2.89. The second-order valence-corrected chi connectivity index (χ2v) is 6.47. The van der Waals surface area contributed by atoms with Crippen molar-refractivity contribution in [2.24, 2.45) is 0 Å². The maximum atomic E-state index is 11.7. The molecule has 3 rings (SSSR count). The largest absolute Gasteiger partial charge is 0.369 e. The third kappa shape index (κ3) is 3.49. The molecule has 0 aromatic carbocycles. The van der Waals surface area contributed by atoms with Crippen LogP contribution in [0.15, 0.2) is 23.3 Å². The van der Waals surface area contributed by atoms with Crippen LogP contribution in [0.4, 0.5) is 5.95 Å². The Hall–Kier alpha value is -2.04. The minimum atomic E-state index is -4.23.